The van der Waals surface area contributed by atoms with E-state index in [1.54, 1.807) is 0 Å². The summed E-state index contributed by atoms with van der Waals surface area (Å²) in [4.78, 5) is 0. The SMILES string of the molecule is CC(C)(C)[Si](C)(C)OCCc1cccc(O[C@H](CCCl)c2ccccc2)c1. The molecule has 4 heteroatoms. The average Bonchev–Trinajstić information content (AvgIpc) is 2.61. The van der Waals surface area contributed by atoms with Crippen molar-refractivity contribution in [3.05, 3.63) is 65.7 Å². The van der Waals surface area contributed by atoms with Crippen molar-refractivity contribution in [2.24, 2.45) is 0 Å². The van der Waals surface area contributed by atoms with Crippen LogP contribution in [0.5, 0.6) is 5.75 Å². The Morgan fingerprint density at radius 3 is 2.33 bits per heavy atom. The van der Waals surface area contributed by atoms with Crippen molar-refractivity contribution < 1.29 is 9.16 Å². The van der Waals surface area contributed by atoms with Gasteiger partial charge < -0.3 is 9.16 Å². The smallest absolute Gasteiger partial charge is 0.191 e. The summed E-state index contributed by atoms with van der Waals surface area (Å²) in [7, 11) is -1.70. The quantitative estimate of drug-likeness (QED) is 0.331. The highest BCUT2D eigenvalue weighted by Gasteiger charge is 2.36. The number of hydrogen-bond donors (Lipinski definition) is 0. The molecule has 0 aliphatic carbocycles. The Bertz CT molecular complexity index is 695. The molecule has 0 heterocycles. The molecule has 0 saturated heterocycles. The molecule has 2 rings (SSSR count). The van der Waals surface area contributed by atoms with Gasteiger partial charge in [-0.25, -0.2) is 0 Å². The second-order valence-corrected chi connectivity index (χ2v) is 13.7. The molecule has 0 N–H and O–H groups in total. The summed E-state index contributed by atoms with van der Waals surface area (Å²) in [5, 5.41) is 0.239. The van der Waals surface area contributed by atoms with Crippen molar-refractivity contribution in [3.63, 3.8) is 0 Å². The third-order valence-corrected chi connectivity index (χ3v) is 10.1. The highest BCUT2D eigenvalue weighted by atomic mass is 35.5. The molecule has 0 unspecified atom stereocenters. The first-order valence-corrected chi connectivity index (χ1v) is 13.2. The number of alkyl halides is 1. The minimum absolute atomic E-state index is 0.0255. The summed E-state index contributed by atoms with van der Waals surface area (Å²) in [6, 6.07) is 18.6. The van der Waals surface area contributed by atoms with Gasteiger partial charge in [0, 0.05) is 18.9 Å². The van der Waals surface area contributed by atoms with Gasteiger partial charge in [0.1, 0.15) is 11.9 Å². The first kappa shape index (κ1) is 22.0. The molecule has 27 heavy (non-hydrogen) atoms. The zero-order valence-electron chi connectivity index (χ0n) is 17.3. The maximum absolute atomic E-state index is 6.31. The average molecular weight is 405 g/mol. The fourth-order valence-electron chi connectivity index (χ4n) is 2.64. The van der Waals surface area contributed by atoms with E-state index in [1.807, 2.05) is 24.3 Å². The van der Waals surface area contributed by atoms with Crippen molar-refractivity contribution >= 4 is 19.9 Å². The number of halogens is 1. The number of benzene rings is 2. The van der Waals surface area contributed by atoms with Crippen molar-refractivity contribution in [1.82, 2.24) is 0 Å². The molecule has 2 aromatic carbocycles. The van der Waals surface area contributed by atoms with Gasteiger partial charge in [-0.15, -0.1) is 11.6 Å². The molecule has 0 aliphatic heterocycles. The van der Waals surface area contributed by atoms with E-state index in [-0.39, 0.29) is 11.1 Å². The molecule has 0 saturated carbocycles. The van der Waals surface area contributed by atoms with Crippen molar-refractivity contribution in [1.29, 1.82) is 0 Å². The van der Waals surface area contributed by atoms with Crippen molar-refractivity contribution in [3.8, 4) is 5.75 Å². The van der Waals surface area contributed by atoms with Gasteiger partial charge in [0.15, 0.2) is 8.32 Å². The van der Waals surface area contributed by atoms with Gasteiger partial charge in [-0.2, -0.15) is 0 Å². The highest BCUT2D eigenvalue weighted by Crippen LogP contribution is 2.36. The van der Waals surface area contributed by atoms with Crippen LogP contribution in [0.25, 0.3) is 0 Å². The highest BCUT2D eigenvalue weighted by molar-refractivity contribution is 6.74. The minimum Gasteiger partial charge on any atom is -0.486 e. The van der Waals surface area contributed by atoms with E-state index in [0.717, 1.165) is 30.8 Å². The summed E-state index contributed by atoms with van der Waals surface area (Å²) in [5.74, 6) is 1.46. The van der Waals surface area contributed by atoms with Gasteiger partial charge in [0.2, 0.25) is 0 Å². The predicted molar refractivity (Wildman–Crippen MR) is 118 cm³/mol. The van der Waals surface area contributed by atoms with Crippen LogP contribution in [0.1, 0.15) is 44.4 Å². The molecule has 0 spiro atoms. The van der Waals surface area contributed by atoms with Gasteiger partial charge in [-0.3, -0.25) is 0 Å². The molecule has 0 radical (unpaired) electrons. The van der Waals surface area contributed by atoms with Gasteiger partial charge in [-0.05, 0) is 47.8 Å². The Morgan fingerprint density at radius 1 is 1.00 bits per heavy atom. The monoisotopic (exact) mass is 404 g/mol. The standard InChI is InChI=1S/C23H33ClO2Si/c1-23(2,3)27(4,5)25-17-15-19-10-9-13-21(18-19)26-22(14-16-24)20-11-7-6-8-12-20/h6-13,18,22H,14-17H2,1-5H3/t22-/m1/s1. The van der Waals surface area contributed by atoms with Crippen LogP contribution in [-0.4, -0.2) is 20.8 Å². The fourth-order valence-corrected chi connectivity index (χ4v) is 3.88. The van der Waals surface area contributed by atoms with E-state index in [2.05, 4.69) is 64.2 Å². The second-order valence-electron chi connectivity index (χ2n) is 8.50. The van der Waals surface area contributed by atoms with Crippen LogP contribution in [0.2, 0.25) is 18.1 Å². The molecule has 1 atom stereocenters. The zero-order valence-corrected chi connectivity index (χ0v) is 19.1. The normalized spacial score (nSPS) is 13.4. The fraction of sp³-hybridized carbons (Fsp3) is 0.478. The summed E-state index contributed by atoms with van der Waals surface area (Å²) in [6.07, 6.45) is 1.65. The molecule has 2 aromatic rings. The van der Waals surface area contributed by atoms with Crippen LogP contribution in [0.15, 0.2) is 54.6 Å². The summed E-state index contributed by atoms with van der Waals surface area (Å²) >= 11 is 6.00. The van der Waals surface area contributed by atoms with Gasteiger partial charge in [0.05, 0.1) is 0 Å². The van der Waals surface area contributed by atoms with Crippen molar-refractivity contribution in [2.75, 3.05) is 12.5 Å². The molecule has 148 valence electrons. The van der Waals surface area contributed by atoms with Crippen LogP contribution in [0, 0.1) is 0 Å². The number of hydrogen-bond acceptors (Lipinski definition) is 2. The lowest BCUT2D eigenvalue weighted by Gasteiger charge is -2.36. The molecule has 0 fully saturated rings. The third kappa shape index (κ3) is 6.67. The lowest BCUT2D eigenvalue weighted by atomic mass is 10.1. The maximum atomic E-state index is 6.31. The van der Waals surface area contributed by atoms with Crippen molar-refractivity contribution in [2.45, 2.75) is 57.8 Å². The van der Waals surface area contributed by atoms with Gasteiger partial charge in [-0.1, -0.05) is 63.2 Å². The Balaban J connectivity index is 2.00. The molecule has 0 amide bonds. The Kier molecular flexibility index (Phi) is 7.96. The lowest BCUT2D eigenvalue weighted by molar-refractivity contribution is 0.202. The zero-order chi connectivity index (χ0) is 19.9. The summed E-state index contributed by atoms with van der Waals surface area (Å²) < 4.78 is 12.6. The van der Waals surface area contributed by atoms with Crippen LogP contribution in [-0.2, 0) is 10.8 Å². The molecular weight excluding hydrogens is 372 g/mol. The van der Waals surface area contributed by atoms with E-state index >= 15 is 0 Å². The van der Waals surface area contributed by atoms with Gasteiger partial charge in [0.25, 0.3) is 0 Å². The van der Waals surface area contributed by atoms with Crippen LogP contribution >= 0.6 is 11.6 Å². The van der Waals surface area contributed by atoms with Crippen LogP contribution in [0.3, 0.4) is 0 Å². The largest absolute Gasteiger partial charge is 0.486 e. The molecule has 2 nitrogen and oxygen atoms in total. The maximum Gasteiger partial charge on any atom is 0.191 e. The molecular formula is C23H33ClO2Si. The Hall–Kier alpha value is -1.29. The first-order valence-electron chi connectivity index (χ1n) is 9.73. The number of ether oxygens (including phenoxy) is 1. The van der Waals surface area contributed by atoms with E-state index in [1.165, 1.54) is 5.56 Å². The molecule has 0 aromatic heterocycles. The minimum atomic E-state index is -1.70. The van der Waals surface area contributed by atoms with E-state index < -0.39 is 8.32 Å². The topological polar surface area (TPSA) is 18.5 Å². The Labute approximate surface area is 171 Å². The number of rotatable bonds is 9. The summed E-state index contributed by atoms with van der Waals surface area (Å²) in [6.45, 7) is 12.2. The Morgan fingerprint density at radius 2 is 1.70 bits per heavy atom. The molecule has 0 bridgehead atoms. The van der Waals surface area contributed by atoms with Gasteiger partial charge >= 0.3 is 0 Å². The first-order chi connectivity index (χ1) is 12.7. The van der Waals surface area contributed by atoms with E-state index in [0.29, 0.717) is 5.88 Å². The van der Waals surface area contributed by atoms with E-state index in [4.69, 9.17) is 20.8 Å². The second kappa shape index (κ2) is 9.77. The van der Waals surface area contributed by atoms with E-state index in [9.17, 15) is 0 Å². The third-order valence-electron chi connectivity index (χ3n) is 5.38. The van der Waals surface area contributed by atoms with Crippen LogP contribution in [0.4, 0.5) is 0 Å². The lowest BCUT2D eigenvalue weighted by Crippen LogP contribution is -2.41. The van der Waals surface area contributed by atoms with Crippen LogP contribution < -0.4 is 4.74 Å². The predicted octanol–water partition coefficient (Wildman–Crippen LogP) is 7.00. The molecule has 0 aliphatic rings. The summed E-state index contributed by atoms with van der Waals surface area (Å²) in [5.41, 5.74) is 2.40.